The maximum Gasteiger partial charge on any atom is 0.247 e. The molecule has 0 aliphatic carbocycles. The van der Waals surface area contributed by atoms with Crippen molar-refractivity contribution in [1.29, 1.82) is 0 Å². The molecule has 0 unspecified atom stereocenters. The minimum Gasteiger partial charge on any atom is -0.489 e. The number of nitrogens with zero attached hydrogens (tertiary/aromatic N) is 3. The van der Waals surface area contributed by atoms with Crippen molar-refractivity contribution in [2.75, 3.05) is 5.73 Å². The van der Waals surface area contributed by atoms with Crippen LogP contribution in [0, 0.1) is 5.82 Å². The molecule has 1 aromatic heterocycles. The molecule has 3 N–H and O–H groups in total. The minimum atomic E-state index is -0.314. The summed E-state index contributed by atoms with van der Waals surface area (Å²) in [7, 11) is 0. The maximum absolute atomic E-state index is 12.9. The number of rotatable bonds is 7. The summed E-state index contributed by atoms with van der Waals surface area (Å²) in [5.74, 6) is 0.0404. The smallest absolute Gasteiger partial charge is 0.247 e. The first-order valence-corrected chi connectivity index (χ1v) is 8.77. The summed E-state index contributed by atoms with van der Waals surface area (Å²) in [4.78, 5) is 11.8. The average molecular weight is 385 g/mol. The Bertz CT molecular complexity index is 943. The van der Waals surface area contributed by atoms with Crippen LogP contribution in [-0.2, 0) is 17.8 Å². The summed E-state index contributed by atoms with van der Waals surface area (Å²) < 4.78 is 18.6. The number of anilines is 1. The topological polar surface area (TPSA) is 102 Å². The van der Waals surface area contributed by atoms with Gasteiger partial charge in [0.1, 0.15) is 23.2 Å². The molecule has 3 aromatic rings. The Morgan fingerprint density at radius 3 is 2.81 bits per heavy atom. The molecule has 0 aliphatic heterocycles. The number of carbonyl (C=O) groups is 1. The van der Waals surface area contributed by atoms with Gasteiger partial charge in [-0.1, -0.05) is 35.6 Å². The first-order chi connectivity index (χ1) is 13.1. The van der Waals surface area contributed by atoms with Crippen molar-refractivity contribution in [3.05, 3.63) is 70.5 Å². The van der Waals surface area contributed by atoms with Gasteiger partial charge in [0.05, 0.1) is 12.6 Å². The van der Waals surface area contributed by atoms with Gasteiger partial charge in [-0.25, -0.2) is 9.82 Å². The highest BCUT2D eigenvalue weighted by Crippen LogP contribution is 2.15. The Kier molecular flexibility index (Phi) is 6.06. The van der Waals surface area contributed by atoms with Crippen LogP contribution >= 0.6 is 11.3 Å². The van der Waals surface area contributed by atoms with E-state index in [0.29, 0.717) is 22.5 Å². The number of benzene rings is 2. The Balaban J connectivity index is 1.51. The molecule has 1 amide bonds. The van der Waals surface area contributed by atoms with E-state index in [9.17, 15) is 9.18 Å². The third kappa shape index (κ3) is 5.86. The summed E-state index contributed by atoms with van der Waals surface area (Å²) in [6, 6.07) is 13.3. The lowest BCUT2D eigenvalue weighted by Gasteiger charge is -2.07. The van der Waals surface area contributed by atoms with Crippen molar-refractivity contribution in [3.8, 4) is 5.75 Å². The van der Waals surface area contributed by atoms with E-state index in [2.05, 4.69) is 20.7 Å². The molecular weight excluding hydrogens is 369 g/mol. The van der Waals surface area contributed by atoms with Crippen molar-refractivity contribution in [3.63, 3.8) is 0 Å². The van der Waals surface area contributed by atoms with E-state index in [1.165, 1.54) is 18.3 Å². The van der Waals surface area contributed by atoms with Gasteiger partial charge in [-0.05, 0) is 35.4 Å². The van der Waals surface area contributed by atoms with Gasteiger partial charge in [-0.2, -0.15) is 5.10 Å². The summed E-state index contributed by atoms with van der Waals surface area (Å²) in [6.45, 7) is 0.322. The number of aromatic nitrogens is 2. The van der Waals surface area contributed by atoms with E-state index in [0.717, 1.165) is 22.5 Å². The Morgan fingerprint density at radius 1 is 1.26 bits per heavy atom. The van der Waals surface area contributed by atoms with Gasteiger partial charge in [-0.3, -0.25) is 4.79 Å². The number of nitrogens with one attached hydrogen (secondary N) is 1. The van der Waals surface area contributed by atoms with Crippen LogP contribution in [0.2, 0.25) is 0 Å². The number of ether oxygens (including phenoxy) is 1. The summed E-state index contributed by atoms with van der Waals surface area (Å²) >= 11 is 1.16. The lowest BCUT2D eigenvalue weighted by atomic mass is 10.2. The molecule has 0 saturated heterocycles. The van der Waals surface area contributed by atoms with Crippen molar-refractivity contribution in [1.82, 2.24) is 15.6 Å². The average Bonchev–Trinajstić information content (AvgIpc) is 3.06. The van der Waals surface area contributed by atoms with Crippen LogP contribution in [0.1, 0.15) is 16.1 Å². The molecule has 27 heavy (non-hydrogen) atoms. The molecule has 0 radical (unpaired) electrons. The SMILES string of the molecule is Nc1nnc(CC(=O)NN=Cc2cccc(OCc3ccc(F)cc3)c2)s1. The summed E-state index contributed by atoms with van der Waals surface area (Å²) in [6.07, 6.45) is 1.57. The predicted molar refractivity (Wildman–Crippen MR) is 101 cm³/mol. The highest BCUT2D eigenvalue weighted by molar-refractivity contribution is 7.15. The molecule has 0 atom stereocenters. The minimum absolute atomic E-state index is 0.0625. The monoisotopic (exact) mass is 385 g/mol. The van der Waals surface area contributed by atoms with Crippen molar-refractivity contribution in [2.45, 2.75) is 13.0 Å². The molecule has 7 nitrogen and oxygen atoms in total. The van der Waals surface area contributed by atoms with Crippen molar-refractivity contribution < 1.29 is 13.9 Å². The molecule has 2 aromatic carbocycles. The van der Waals surface area contributed by atoms with E-state index in [4.69, 9.17) is 10.5 Å². The van der Waals surface area contributed by atoms with E-state index in [1.807, 2.05) is 12.1 Å². The molecule has 3 rings (SSSR count). The van der Waals surface area contributed by atoms with E-state index < -0.39 is 0 Å². The van der Waals surface area contributed by atoms with E-state index in [-0.39, 0.29) is 18.1 Å². The van der Waals surface area contributed by atoms with Gasteiger partial charge in [0, 0.05) is 0 Å². The van der Waals surface area contributed by atoms with Crippen LogP contribution in [0.3, 0.4) is 0 Å². The second kappa shape index (κ2) is 8.86. The maximum atomic E-state index is 12.9. The lowest BCUT2D eigenvalue weighted by molar-refractivity contribution is -0.120. The van der Waals surface area contributed by atoms with Crippen LogP contribution in [-0.4, -0.2) is 22.3 Å². The molecule has 0 aliphatic rings. The zero-order valence-electron chi connectivity index (χ0n) is 14.1. The molecule has 138 valence electrons. The fourth-order valence-electron chi connectivity index (χ4n) is 2.13. The standard InChI is InChI=1S/C18H16FN5O2S/c19-14-6-4-12(5-7-14)11-26-15-3-1-2-13(8-15)10-21-22-16(25)9-17-23-24-18(20)27-17/h1-8,10H,9,11H2,(H2,20,24)(H,22,25). The number of carbonyl (C=O) groups excluding carboxylic acids is 1. The third-order valence-corrected chi connectivity index (χ3v) is 4.13. The second-order valence-electron chi connectivity index (χ2n) is 5.49. The quantitative estimate of drug-likeness (QED) is 0.481. The molecule has 9 heteroatoms. The number of hydrogen-bond donors (Lipinski definition) is 2. The zero-order valence-corrected chi connectivity index (χ0v) is 14.9. The number of hydrazone groups is 1. The van der Waals surface area contributed by atoms with Crippen LogP contribution in [0.4, 0.5) is 9.52 Å². The van der Waals surface area contributed by atoms with Gasteiger partial charge >= 0.3 is 0 Å². The number of nitrogen functional groups attached to an aromatic ring is 1. The molecule has 0 saturated carbocycles. The summed E-state index contributed by atoms with van der Waals surface area (Å²) in [5.41, 5.74) is 9.51. The van der Waals surface area contributed by atoms with Gasteiger partial charge in [0.15, 0.2) is 0 Å². The van der Waals surface area contributed by atoms with Crippen LogP contribution in [0.5, 0.6) is 5.75 Å². The first kappa shape index (κ1) is 18.5. The molecular formula is C18H16FN5O2S. The predicted octanol–water partition coefficient (Wildman–Crippen LogP) is 2.53. The largest absolute Gasteiger partial charge is 0.489 e. The Labute approximate surface area is 158 Å². The Morgan fingerprint density at radius 2 is 2.07 bits per heavy atom. The lowest BCUT2D eigenvalue weighted by Crippen LogP contribution is -2.19. The van der Waals surface area contributed by atoms with Crippen LogP contribution in [0.25, 0.3) is 0 Å². The van der Waals surface area contributed by atoms with Gasteiger partial charge in [0.25, 0.3) is 0 Å². The van der Waals surface area contributed by atoms with E-state index >= 15 is 0 Å². The molecule has 0 bridgehead atoms. The normalized spacial score (nSPS) is 10.9. The number of amides is 1. The number of halogens is 1. The summed E-state index contributed by atoms with van der Waals surface area (Å²) in [5, 5.41) is 12.2. The fourth-order valence-corrected chi connectivity index (χ4v) is 2.73. The van der Waals surface area contributed by atoms with Gasteiger partial charge in [0.2, 0.25) is 11.0 Å². The number of nitrogens with two attached hydrogens (primary N) is 1. The third-order valence-electron chi connectivity index (χ3n) is 3.37. The van der Waals surface area contributed by atoms with Crippen molar-refractivity contribution in [2.24, 2.45) is 5.10 Å². The highest BCUT2D eigenvalue weighted by atomic mass is 32.1. The van der Waals surface area contributed by atoms with Gasteiger partial charge in [-0.15, -0.1) is 10.2 Å². The van der Waals surface area contributed by atoms with E-state index in [1.54, 1.807) is 24.3 Å². The first-order valence-electron chi connectivity index (χ1n) is 7.95. The van der Waals surface area contributed by atoms with Crippen molar-refractivity contribution >= 4 is 28.6 Å². The van der Waals surface area contributed by atoms with Crippen LogP contribution in [0.15, 0.2) is 53.6 Å². The molecule has 1 heterocycles. The van der Waals surface area contributed by atoms with Gasteiger partial charge < -0.3 is 10.5 Å². The highest BCUT2D eigenvalue weighted by Gasteiger charge is 2.07. The zero-order chi connectivity index (χ0) is 19.1. The molecule has 0 spiro atoms. The Hall–Kier alpha value is -3.33. The number of hydrogen-bond acceptors (Lipinski definition) is 7. The fraction of sp³-hybridized carbons (Fsp3) is 0.111. The second-order valence-corrected chi connectivity index (χ2v) is 6.59. The van der Waals surface area contributed by atoms with Crippen LogP contribution < -0.4 is 15.9 Å². The molecule has 0 fully saturated rings.